The summed E-state index contributed by atoms with van der Waals surface area (Å²) >= 11 is 0. The maximum absolute atomic E-state index is 11.3. The lowest BCUT2D eigenvalue weighted by Gasteiger charge is -2.35. The molecule has 1 aliphatic heterocycles. The first-order chi connectivity index (χ1) is 12.2. The van der Waals surface area contributed by atoms with Crippen molar-refractivity contribution >= 4 is 5.97 Å². The number of carboxylic acids is 1. The third-order valence-electron chi connectivity index (χ3n) is 4.56. The number of aromatic nitrogens is 1. The molecule has 1 aromatic carbocycles. The molecule has 4 rings (SSSR count). The predicted molar refractivity (Wildman–Crippen MR) is 89.6 cm³/mol. The van der Waals surface area contributed by atoms with E-state index in [1.54, 1.807) is 12.3 Å². The Morgan fingerprint density at radius 2 is 2.04 bits per heavy atom. The van der Waals surface area contributed by atoms with E-state index in [0.29, 0.717) is 24.6 Å². The molecule has 6 heteroatoms. The van der Waals surface area contributed by atoms with Crippen LogP contribution in [0.1, 0.15) is 23.2 Å². The second-order valence-corrected chi connectivity index (χ2v) is 6.29. The van der Waals surface area contributed by atoms with E-state index < -0.39 is 5.97 Å². The molecule has 0 amide bonds. The van der Waals surface area contributed by atoms with E-state index >= 15 is 0 Å². The minimum Gasteiger partial charge on any atom is -0.481 e. The third-order valence-corrected chi connectivity index (χ3v) is 4.56. The fourth-order valence-electron chi connectivity index (χ4n) is 3.36. The number of hydrogen-bond donors (Lipinski definition) is 1. The van der Waals surface area contributed by atoms with Gasteiger partial charge in [0.15, 0.2) is 5.76 Å². The highest BCUT2D eigenvalue weighted by atomic mass is 16.5. The summed E-state index contributed by atoms with van der Waals surface area (Å²) in [5.74, 6) is 0.419. The van der Waals surface area contributed by atoms with Gasteiger partial charge in [0, 0.05) is 25.2 Å². The van der Waals surface area contributed by atoms with Crippen LogP contribution < -0.4 is 0 Å². The van der Waals surface area contributed by atoms with E-state index in [4.69, 9.17) is 8.94 Å². The summed E-state index contributed by atoms with van der Waals surface area (Å²) in [5.41, 5.74) is 3.22. The quantitative estimate of drug-likeness (QED) is 0.768. The maximum Gasteiger partial charge on any atom is 0.304 e. The minimum atomic E-state index is -0.786. The molecule has 0 saturated carbocycles. The standard InChI is InChI=1S/C19H18N2O4/c22-19(23)10-16-8-13-4-1-2-5-14(13)11-21(16)12-15-9-18(25-20-15)17-6-3-7-24-17/h1-7,9,16H,8,10-12H2,(H,22,23)/t16-/m0/s1. The van der Waals surface area contributed by atoms with Crippen LogP contribution in [0.2, 0.25) is 0 Å². The van der Waals surface area contributed by atoms with Crippen LogP contribution >= 0.6 is 0 Å². The second kappa shape index (κ2) is 6.57. The van der Waals surface area contributed by atoms with Gasteiger partial charge in [-0.05, 0) is 29.7 Å². The van der Waals surface area contributed by atoms with Gasteiger partial charge in [0.1, 0.15) is 0 Å². The molecule has 0 spiro atoms. The summed E-state index contributed by atoms with van der Waals surface area (Å²) < 4.78 is 10.7. The fraction of sp³-hybridized carbons (Fsp3) is 0.263. The molecule has 0 bridgehead atoms. The third kappa shape index (κ3) is 3.34. The number of benzene rings is 1. The number of carboxylic acid groups (broad SMARTS) is 1. The van der Waals surface area contributed by atoms with E-state index in [-0.39, 0.29) is 12.5 Å². The number of rotatable bonds is 5. The Morgan fingerprint density at radius 1 is 1.20 bits per heavy atom. The van der Waals surface area contributed by atoms with Crippen molar-refractivity contribution in [1.82, 2.24) is 10.1 Å². The summed E-state index contributed by atoms with van der Waals surface area (Å²) in [5, 5.41) is 13.4. The van der Waals surface area contributed by atoms with Crippen LogP contribution in [0.5, 0.6) is 0 Å². The van der Waals surface area contributed by atoms with Crippen molar-refractivity contribution in [3.8, 4) is 11.5 Å². The van der Waals surface area contributed by atoms with Gasteiger partial charge in [0.2, 0.25) is 5.76 Å². The van der Waals surface area contributed by atoms with E-state index in [2.05, 4.69) is 22.2 Å². The Morgan fingerprint density at radius 3 is 2.80 bits per heavy atom. The smallest absolute Gasteiger partial charge is 0.304 e. The Kier molecular flexibility index (Phi) is 4.11. The summed E-state index contributed by atoms with van der Waals surface area (Å²) in [4.78, 5) is 13.4. The summed E-state index contributed by atoms with van der Waals surface area (Å²) in [6, 6.07) is 13.6. The lowest BCUT2D eigenvalue weighted by Crippen LogP contribution is -2.41. The first-order valence-electron chi connectivity index (χ1n) is 8.21. The second-order valence-electron chi connectivity index (χ2n) is 6.29. The topological polar surface area (TPSA) is 79.7 Å². The Balaban J connectivity index is 1.56. The highest BCUT2D eigenvalue weighted by Crippen LogP contribution is 2.28. The van der Waals surface area contributed by atoms with E-state index in [0.717, 1.165) is 12.1 Å². The minimum absolute atomic E-state index is 0.0591. The van der Waals surface area contributed by atoms with Gasteiger partial charge in [-0.1, -0.05) is 29.4 Å². The summed E-state index contributed by atoms with van der Waals surface area (Å²) in [6.45, 7) is 1.24. The van der Waals surface area contributed by atoms with Gasteiger partial charge in [0.05, 0.1) is 18.4 Å². The van der Waals surface area contributed by atoms with Crippen molar-refractivity contribution < 1.29 is 18.8 Å². The van der Waals surface area contributed by atoms with Crippen molar-refractivity contribution in [3.05, 3.63) is 65.5 Å². The molecule has 3 aromatic rings. The van der Waals surface area contributed by atoms with Crippen LogP contribution in [-0.4, -0.2) is 27.2 Å². The number of carbonyl (C=O) groups is 1. The van der Waals surface area contributed by atoms with Crippen molar-refractivity contribution in [3.63, 3.8) is 0 Å². The normalized spacial score (nSPS) is 17.4. The van der Waals surface area contributed by atoms with Gasteiger partial charge in [-0.2, -0.15) is 0 Å². The molecule has 3 heterocycles. The van der Waals surface area contributed by atoms with Gasteiger partial charge in [-0.3, -0.25) is 9.69 Å². The van der Waals surface area contributed by atoms with Crippen LogP contribution in [0.4, 0.5) is 0 Å². The van der Waals surface area contributed by atoms with Crippen LogP contribution in [0.25, 0.3) is 11.5 Å². The zero-order valence-corrected chi connectivity index (χ0v) is 13.6. The Bertz CT molecular complexity index is 869. The molecular formula is C19H18N2O4. The molecule has 1 aliphatic rings. The molecule has 0 fully saturated rings. The first kappa shape index (κ1) is 15.7. The van der Waals surface area contributed by atoms with Crippen LogP contribution in [0, 0.1) is 0 Å². The highest BCUT2D eigenvalue weighted by molar-refractivity contribution is 5.67. The molecule has 2 aromatic heterocycles. The maximum atomic E-state index is 11.3. The molecule has 0 saturated heterocycles. The lowest BCUT2D eigenvalue weighted by molar-refractivity contribution is -0.138. The summed E-state index contributed by atoms with van der Waals surface area (Å²) in [6.07, 6.45) is 2.42. The summed E-state index contributed by atoms with van der Waals surface area (Å²) in [7, 11) is 0. The first-order valence-corrected chi connectivity index (χ1v) is 8.21. The van der Waals surface area contributed by atoms with E-state index in [1.165, 1.54) is 11.1 Å². The molecule has 0 radical (unpaired) electrons. The van der Waals surface area contributed by atoms with Gasteiger partial charge >= 0.3 is 5.97 Å². The molecule has 0 aliphatic carbocycles. The predicted octanol–water partition coefficient (Wildman–Crippen LogP) is 3.34. The Labute approximate surface area is 144 Å². The number of furan rings is 1. The zero-order chi connectivity index (χ0) is 17.2. The molecule has 6 nitrogen and oxygen atoms in total. The van der Waals surface area contributed by atoms with Crippen LogP contribution in [0.3, 0.4) is 0 Å². The van der Waals surface area contributed by atoms with Crippen LogP contribution in [0.15, 0.2) is 57.7 Å². The van der Waals surface area contributed by atoms with Crippen LogP contribution in [-0.2, 0) is 24.3 Å². The SMILES string of the molecule is O=C(O)C[C@@H]1Cc2ccccc2CN1Cc1cc(-c2ccco2)on1. The molecule has 1 N–H and O–H groups in total. The number of nitrogens with zero attached hydrogens (tertiary/aromatic N) is 2. The zero-order valence-electron chi connectivity index (χ0n) is 13.6. The van der Waals surface area contributed by atoms with Gasteiger partial charge in [0.25, 0.3) is 0 Å². The highest BCUT2D eigenvalue weighted by Gasteiger charge is 2.28. The van der Waals surface area contributed by atoms with Gasteiger partial charge in [-0.15, -0.1) is 0 Å². The average Bonchev–Trinajstić information content (AvgIpc) is 3.26. The largest absolute Gasteiger partial charge is 0.481 e. The van der Waals surface area contributed by atoms with Gasteiger partial charge < -0.3 is 14.0 Å². The van der Waals surface area contributed by atoms with Crippen molar-refractivity contribution in [1.29, 1.82) is 0 Å². The number of fused-ring (bicyclic) bond motifs is 1. The van der Waals surface area contributed by atoms with Crippen molar-refractivity contribution in [2.75, 3.05) is 0 Å². The number of hydrogen-bond acceptors (Lipinski definition) is 5. The monoisotopic (exact) mass is 338 g/mol. The Hall–Kier alpha value is -2.86. The number of aliphatic carboxylic acids is 1. The fourth-order valence-corrected chi connectivity index (χ4v) is 3.36. The molecule has 1 atom stereocenters. The van der Waals surface area contributed by atoms with Gasteiger partial charge in [-0.25, -0.2) is 0 Å². The average molecular weight is 338 g/mol. The molecular weight excluding hydrogens is 320 g/mol. The molecule has 128 valence electrons. The van der Waals surface area contributed by atoms with E-state index in [9.17, 15) is 9.90 Å². The van der Waals surface area contributed by atoms with E-state index in [1.807, 2.05) is 24.3 Å². The molecule has 0 unspecified atom stereocenters. The van der Waals surface area contributed by atoms with Crippen molar-refractivity contribution in [2.45, 2.75) is 32.0 Å². The lowest BCUT2D eigenvalue weighted by atomic mass is 9.92. The molecule has 25 heavy (non-hydrogen) atoms. The van der Waals surface area contributed by atoms with Crippen molar-refractivity contribution in [2.24, 2.45) is 0 Å².